The third kappa shape index (κ3) is 2.66. The second-order valence-electron chi connectivity index (χ2n) is 4.74. The number of thiophene rings is 1. The number of thioether (sulfide) groups is 1. The average Bonchev–Trinajstić information content (AvgIpc) is 3.08. The molecule has 0 saturated heterocycles. The smallest absolute Gasteiger partial charge is 0.195 e. The van der Waals surface area contributed by atoms with E-state index in [0.717, 1.165) is 15.8 Å². The molecule has 0 bridgehead atoms. The van der Waals surface area contributed by atoms with Gasteiger partial charge in [-0.05, 0) is 48.7 Å². The maximum atomic E-state index is 5.43. The minimum atomic E-state index is 0.507. The van der Waals surface area contributed by atoms with E-state index in [-0.39, 0.29) is 0 Å². The molecule has 1 N–H and O–H groups in total. The number of hydrogen-bond acceptors (Lipinski definition) is 4. The highest BCUT2D eigenvalue weighted by molar-refractivity contribution is 7.99. The van der Waals surface area contributed by atoms with Crippen LogP contribution in [0.15, 0.2) is 17.5 Å². The fourth-order valence-electron chi connectivity index (χ4n) is 2.76. The molecule has 2 atom stereocenters. The molecule has 2 aromatic rings. The molecule has 0 aliphatic heterocycles. The summed E-state index contributed by atoms with van der Waals surface area (Å²) >= 11 is 9.22. The molecule has 0 radical (unpaired) electrons. The minimum absolute atomic E-state index is 0.507. The molecule has 19 heavy (non-hydrogen) atoms. The Balaban J connectivity index is 1.89. The molecule has 1 fully saturated rings. The van der Waals surface area contributed by atoms with E-state index in [1.165, 1.54) is 29.9 Å². The van der Waals surface area contributed by atoms with Crippen molar-refractivity contribution in [1.82, 2.24) is 14.8 Å². The number of rotatable bonds is 4. The predicted octanol–water partition coefficient (Wildman–Crippen LogP) is 4.52. The minimum Gasteiger partial charge on any atom is -0.296 e. The van der Waals surface area contributed by atoms with Crippen LogP contribution in [0.25, 0.3) is 10.7 Å². The van der Waals surface area contributed by atoms with Crippen molar-refractivity contribution in [3.8, 4) is 10.7 Å². The van der Waals surface area contributed by atoms with Crippen LogP contribution >= 0.6 is 35.3 Å². The standard InChI is InChI=1S/C13H17N3S3/c1-2-18-10-6-5-9(8-10)16-12(14-15-13(16)17)11-4-3-7-19-11/h3-4,7,9-10H,2,5-6,8H2,1H3,(H,15,17). The maximum Gasteiger partial charge on any atom is 0.195 e. The molecular weight excluding hydrogens is 294 g/mol. The first-order chi connectivity index (χ1) is 9.29. The van der Waals surface area contributed by atoms with Gasteiger partial charge in [0.2, 0.25) is 0 Å². The summed E-state index contributed by atoms with van der Waals surface area (Å²) in [7, 11) is 0. The lowest BCUT2D eigenvalue weighted by Gasteiger charge is -2.14. The maximum absolute atomic E-state index is 5.43. The van der Waals surface area contributed by atoms with Gasteiger partial charge in [0, 0.05) is 11.3 Å². The van der Waals surface area contributed by atoms with Crippen molar-refractivity contribution >= 4 is 35.3 Å². The molecule has 6 heteroatoms. The summed E-state index contributed by atoms with van der Waals surface area (Å²) in [6, 6.07) is 4.68. The van der Waals surface area contributed by atoms with Crippen LogP contribution in [0, 0.1) is 4.77 Å². The Morgan fingerprint density at radius 3 is 3.21 bits per heavy atom. The molecule has 3 nitrogen and oxygen atoms in total. The van der Waals surface area contributed by atoms with Crippen molar-refractivity contribution in [3.05, 3.63) is 22.3 Å². The van der Waals surface area contributed by atoms with E-state index in [1.807, 2.05) is 0 Å². The first kappa shape index (κ1) is 13.4. The van der Waals surface area contributed by atoms with E-state index in [2.05, 4.69) is 51.0 Å². The van der Waals surface area contributed by atoms with Gasteiger partial charge in [-0.25, -0.2) is 0 Å². The van der Waals surface area contributed by atoms with Crippen molar-refractivity contribution in [2.24, 2.45) is 0 Å². The zero-order chi connectivity index (χ0) is 13.2. The summed E-state index contributed by atoms with van der Waals surface area (Å²) in [5.74, 6) is 2.21. The first-order valence-electron chi connectivity index (χ1n) is 6.62. The fraction of sp³-hybridized carbons (Fsp3) is 0.538. The average molecular weight is 312 g/mol. The number of hydrogen-bond donors (Lipinski definition) is 1. The van der Waals surface area contributed by atoms with Crippen molar-refractivity contribution in [1.29, 1.82) is 0 Å². The van der Waals surface area contributed by atoms with Gasteiger partial charge in [-0.1, -0.05) is 13.0 Å². The van der Waals surface area contributed by atoms with E-state index in [1.54, 1.807) is 11.3 Å². The van der Waals surface area contributed by atoms with Crippen LogP contribution < -0.4 is 0 Å². The predicted molar refractivity (Wildman–Crippen MR) is 85.5 cm³/mol. The van der Waals surface area contributed by atoms with E-state index in [0.29, 0.717) is 6.04 Å². The second-order valence-corrected chi connectivity index (χ2v) is 7.66. The van der Waals surface area contributed by atoms with Crippen LogP contribution in [0.2, 0.25) is 0 Å². The fourth-order valence-corrected chi connectivity index (χ4v) is 4.89. The van der Waals surface area contributed by atoms with Crippen LogP contribution in [0.1, 0.15) is 32.2 Å². The topological polar surface area (TPSA) is 33.6 Å². The lowest BCUT2D eigenvalue weighted by atomic mass is 10.2. The number of aromatic amines is 1. The molecule has 1 aliphatic carbocycles. The second kappa shape index (κ2) is 5.81. The molecule has 3 rings (SSSR count). The van der Waals surface area contributed by atoms with Gasteiger partial charge >= 0.3 is 0 Å². The lowest BCUT2D eigenvalue weighted by molar-refractivity contribution is 0.518. The highest BCUT2D eigenvalue weighted by Crippen LogP contribution is 2.39. The Morgan fingerprint density at radius 1 is 1.58 bits per heavy atom. The van der Waals surface area contributed by atoms with Gasteiger partial charge in [-0.15, -0.1) is 11.3 Å². The van der Waals surface area contributed by atoms with Gasteiger partial charge in [0.05, 0.1) is 4.88 Å². The van der Waals surface area contributed by atoms with Crippen molar-refractivity contribution in [3.63, 3.8) is 0 Å². The zero-order valence-electron chi connectivity index (χ0n) is 10.8. The van der Waals surface area contributed by atoms with Crippen LogP contribution in [0.4, 0.5) is 0 Å². The van der Waals surface area contributed by atoms with Crippen molar-refractivity contribution < 1.29 is 0 Å². The van der Waals surface area contributed by atoms with Crippen molar-refractivity contribution in [2.75, 3.05) is 5.75 Å². The quantitative estimate of drug-likeness (QED) is 0.843. The molecular formula is C13H17N3S3. The molecule has 0 amide bonds. The van der Waals surface area contributed by atoms with Gasteiger partial charge in [0.1, 0.15) is 0 Å². The molecule has 1 saturated carbocycles. The summed E-state index contributed by atoms with van der Waals surface area (Å²) in [5, 5.41) is 10.3. The summed E-state index contributed by atoms with van der Waals surface area (Å²) in [5.41, 5.74) is 0. The third-order valence-electron chi connectivity index (χ3n) is 3.57. The molecule has 0 aromatic carbocycles. The van der Waals surface area contributed by atoms with Crippen LogP contribution in [0.3, 0.4) is 0 Å². The van der Waals surface area contributed by atoms with Gasteiger partial charge in [0.15, 0.2) is 10.6 Å². The molecule has 0 spiro atoms. The van der Waals surface area contributed by atoms with Gasteiger partial charge < -0.3 is 0 Å². The Morgan fingerprint density at radius 2 is 2.47 bits per heavy atom. The number of nitrogens with one attached hydrogen (secondary N) is 1. The van der Waals surface area contributed by atoms with Crippen LogP contribution in [-0.4, -0.2) is 25.8 Å². The summed E-state index contributed by atoms with van der Waals surface area (Å²) in [6.07, 6.45) is 3.72. The Kier molecular flexibility index (Phi) is 4.10. The summed E-state index contributed by atoms with van der Waals surface area (Å²) < 4.78 is 2.99. The van der Waals surface area contributed by atoms with E-state index in [9.17, 15) is 0 Å². The third-order valence-corrected chi connectivity index (χ3v) is 5.96. The molecule has 102 valence electrons. The number of H-pyrrole nitrogens is 1. The Labute approximate surface area is 126 Å². The number of aromatic nitrogens is 3. The highest BCUT2D eigenvalue weighted by atomic mass is 32.2. The monoisotopic (exact) mass is 311 g/mol. The van der Waals surface area contributed by atoms with E-state index < -0.39 is 0 Å². The molecule has 2 aromatic heterocycles. The summed E-state index contributed by atoms with van der Waals surface area (Å²) in [6.45, 7) is 2.23. The van der Waals surface area contributed by atoms with Crippen LogP contribution in [-0.2, 0) is 0 Å². The van der Waals surface area contributed by atoms with Gasteiger partial charge in [0.25, 0.3) is 0 Å². The van der Waals surface area contributed by atoms with E-state index >= 15 is 0 Å². The molecule has 2 unspecified atom stereocenters. The SMILES string of the molecule is CCSC1CCC(n2c(-c3cccs3)n[nH]c2=S)C1. The van der Waals surface area contributed by atoms with Gasteiger partial charge in [-0.2, -0.15) is 16.9 Å². The van der Waals surface area contributed by atoms with Crippen molar-refractivity contribution in [2.45, 2.75) is 37.5 Å². The zero-order valence-corrected chi connectivity index (χ0v) is 13.3. The largest absolute Gasteiger partial charge is 0.296 e. The number of nitrogens with zero attached hydrogens (tertiary/aromatic N) is 2. The molecule has 1 aliphatic rings. The van der Waals surface area contributed by atoms with E-state index in [4.69, 9.17) is 12.2 Å². The Bertz CT molecular complexity index is 585. The van der Waals surface area contributed by atoms with Gasteiger partial charge in [-0.3, -0.25) is 9.67 Å². The molecule has 2 heterocycles. The lowest BCUT2D eigenvalue weighted by Crippen LogP contribution is -2.08. The Hall–Kier alpha value is -0.590. The normalized spacial score (nSPS) is 23.0. The first-order valence-corrected chi connectivity index (χ1v) is 8.95. The summed E-state index contributed by atoms with van der Waals surface area (Å²) in [4.78, 5) is 1.19. The van der Waals surface area contributed by atoms with Crippen LogP contribution in [0.5, 0.6) is 0 Å². The highest BCUT2D eigenvalue weighted by Gasteiger charge is 2.28.